The molecule has 1 saturated heterocycles. The number of nitrogens with zero attached hydrogens (tertiary/aromatic N) is 4. The van der Waals surface area contributed by atoms with Crippen molar-refractivity contribution in [1.29, 1.82) is 0 Å². The van der Waals surface area contributed by atoms with Gasteiger partial charge in [-0.2, -0.15) is 5.10 Å². The van der Waals surface area contributed by atoms with Crippen molar-refractivity contribution in [3.63, 3.8) is 0 Å². The van der Waals surface area contributed by atoms with Gasteiger partial charge >= 0.3 is 0 Å². The maximum absolute atomic E-state index is 12.6. The third kappa shape index (κ3) is 3.67. The number of aromatic nitrogens is 3. The summed E-state index contributed by atoms with van der Waals surface area (Å²) in [5.41, 5.74) is 3.62. The SMILES string of the molecule is CCn1nc(C)c(NC(=O)CN2CCC[C@@H]2c2cc(C(C)C)on2)c1C. The molecule has 0 aromatic carbocycles. The number of carbonyl (C=O) groups excluding carboxylic acids is 1. The van der Waals surface area contributed by atoms with Crippen molar-refractivity contribution in [1.82, 2.24) is 19.8 Å². The summed E-state index contributed by atoms with van der Waals surface area (Å²) in [7, 11) is 0. The monoisotopic (exact) mass is 359 g/mol. The van der Waals surface area contributed by atoms with E-state index >= 15 is 0 Å². The highest BCUT2D eigenvalue weighted by atomic mass is 16.5. The Kier molecular flexibility index (Phi) is 5.46. The Bertz CT molecular complexity index is 777. The van der Waals surface area contributed by atoms with E-state index in [0.717, 1.165) is 54.5 Å². The fourth-order valence-corrected chi connectivity index (χ4v) is 3.63. The predicted octanol–water partition coefficient (Wildman–Crippen LogP) is 3.41. The molecule has 1 fully saturated rings. The van der Waals surface area contributed by atoms with E-state index in [0.29, 0.717) is 12.5 Å². The molecule has 7 heteroatoms. The summed E-state index contributed by atoms with van der Waals surface area (Å²) in [5, 5.41) is 11.8. The maximum Gasteiger partial charge on any atom is 0.238 e. The number of carbonyl (C=O) groups is 1. The van der Waals surface area contributed by atoms with Gasteiger partial charge in [0.15, 0.2) is 0 Å². The third-order valence-electron chi connectivity index (χ3n) is 5.11. The highest BCUT2D eigenvalue weighted by Crippen LogP contribution is 2.32. The van der Waals surface area contributed by atoms with Crippen molar-refractivity contribution in [2.24, 2.45) is 0 Å². The second-order valence-electron chi connectivity index (χ2n) is 7.35. The van der Waals surface area contributed by atoms with Crippen molar-refractivity contribution in [2.45, 2.75) is 66.0 Å². The van der Waals surface area contributed by atoms with Crippen LogP contribution in [0.4, 0.5) is 5.69 Å². The van der Waals surface area contributed by atoms with Gasteiger partial charge in [-0.05, 0) is 40.2 Å². The van der Waals surface area contributed by atoms with Crippen LogP contribution in [0.25, 0.3) is 0 Å². The molecule has 0 bridgehead atoms. The standard InChI is InChI=1S/C19H29N5O2/c1-6-24-14(5)19(13(4)21-24)20-18(25)11-23-9-7-8-16(23)15-10-17(12(2)3)26-22-15/h10,12,16H,6-9,11H2,1-5H3,(H,20,25)/t16-/m1/s1. The highest BCUT2D eigenvalue weighted by molar-refractivity contribution is 5.93. The van der Waals surface area contributed by atoms with Crippen molar-refractivity contribution >= 4 is 11.6 Å². The molecule has 142 valence electrons. The van der Waals surface area contributed by atoms with Gasteiger partial charge in [0.1, 0.15) is 11.5 Å². The Labute approximate surface area is 154 Å². The average Bonchev–Trinajstić information content (AvgIpc) is 3.30. The summed E-state index contributed by atoms with van der Waals surface area (Å²) in [6, 6.07) is 2.18. The first-order valence-electron chi connectivity index (χ1n) is 9.45. The van der Waals surface area contributed by atoms with Crippen LogP contribution in [0.1, 0.15) is 68.4 Å². The Morgan fingerprint density at radius 1 is 1.42 bits per heavy atom. The average molecular weight is 359 g/mol. The number of rotatable bonds is 6. The number of hydrogen-bond donors (Lipinski definition) is 1. The summed E-state index contributed by atoms with van der Waals surface area (Å²) >= 11 is 0. The number of nitrogens with one attached hydrogen (secondary N) is 1. The zero-order valence-electron chi connectivity index (χ0n) is 16.4. The van der Waals surface area contributed by atoms with Gasteiger partial charge in [-0.1, -0.05) is 19.0 Å². The second-order valence-corrected chi connectivity index (χ2v) is 7.35. The van der Waals surface area contributed by atoms with Gasteiger partial charge in [-0.25, -0.2) is 0 Å². The summed E-state index contributed by atoms with van der Waals surface area (Å²) in [6.45, 7) is 12.2. The molecular formula is C19H29N5O2. The molecule has 2 aromatic rings. The minimum atomic E-state index is -0.00803. The molecule has 0 spiro atoms. The molecule has 0 unspecified atom stereocenters. The van der Waals surface area contributed by atoms with Gasteiger partial charge in [0.2, 0.25) is 5.91 Å². The number of likely N-dealkylation sites (tertiary alicyclic amines) is 1. The fraction of sp³-hybridized carbons (Fsp3) is 0.632. The first kappa shape index (κ1) is 18.6. The zero-order chi connectivity index (χ0) is 18.8. The lowest BCUT2D eigenvalue weighted by molar-refractivity contribution is -0.117. The molecule has 0 radical (unpaired) electrons. The molecule has 1 atom stereocenters. The second kappa shape index (κ2) is 7.61. The lowest BCUT2D eigenvalue weighted by Crippen LogP contribution is -2.33. The van der Waals surface area contributed by atoms with Crippen molar-refractivity contribution in [2.75, 3.05) is 18.4 Å². The Hall–Kier alpha value is -2.15. The molecule has 1 aliphatic heterocycles. The van der Waals surface area contributed by atoms with Crippen LogP contribution in [0.5, 0.6) is 0 Å². The molecule has 1 aliphatic rings. The highest BCUT2D eigenvalue weighted by Gasteiger charge is 2.30. The van der Waals surface area contributed by atoms with Crippen molar-refractivity contribution < 1.29 is 9.32 Å². The minimum Gasteiger partial charge on any atom is -0.361 e. The van der Waals surface area contributed by atoms with E-state index in [4.69, 9.17) is 4.52 Å². The van der Waals surface area contributed by atoms with Gasteiger partial charge in [0.25, 0.3) is 0 Å². The number of anilines is 1. The lowest BCUT2D eigenvalue weighted by Gasteiger charge is -2.22. The Balaban J connectivity index is 1.67. The first-order chi connectivity index (χ1) is 12.4. The molecule has 3 rings (SSSR count). The smallest absolute Gasteiger partial charge is 0.238 e. The number of amides is 1. The molecule has 1 N–H and O–H groups in total. The third-order valence-corrected chi connectivity index (χ3v) is 5.11. The fourth-order valence-electron chi connectivity index (χ4n) is 3.63. The Morgan fingerprint density at radius 2 is 2.19 bits per heavy atom. The molecule has 7 nitrogen and oxygen atoms in total. The van der Waals surface area contributed by atoms with Crippen LogP contribution in [-0.2, 0) is 11.3 Å². The van der Waals surface area contributed by atoms with Crippen molar-refractivity contribution in [3.05, 3.63) is 28.9 Å². The van der Waals surface area contributed by atoms with Crippen LogP contribution in [0, 0.1) is 13.8 Å². The number of hydrogen-bond acceptors (Lipinski definition) is 5. The quantitative estimate of drug-likeness (QED) is 0.855. The van der Waals surface area contributed by atoms with E-state index < -0.39 is 0 Å². The molecular weight excluding hydrogens is 330 g/mol. The van der Waals surface area contributed by atoms with Crippen LogP contribution in [-0.4, -0.2) is 38.8 Å². The molecule has 2 aromatic heterocycles. The van der Waals surface area contributed by atoms with E-state index in [1.165, 1.54) is 0 Å². The summed E-state index contributed by atoms with van der Waals surface area (Å²) in [5.74, 6) is 1.20. The van der Waals surface area contributed by atoms with E-state index in [-0.39, 0.29) is 11.9 Å². The molecule has 0 aliphatic carbocycles. The van der Waals surface area contributed by atoms with Gasteiger partial charge in [0.05, 0.1) is 29.7 Å². The largest absolute Gasteiger partial charge is 0.361 e. The zero-order valence-corrected chi connectivity index (χ0v) is 16.4. The predicted molar refractivity (Wildman–Crippen MR) is 100 cm³/mol. The van der Waals surface area contributed by atoms with E-state index in [1.54, 1.807) is 0 Å². The van der Waals surface area contributed by atoms with Crippen LogP contribution >= 0.6 is 0 Å². The van der Waals surface area contributed by atoms with E-state index in [9.17, 15) is 4.79 Å². The first-order valence-corrected chi connectivity index (χ1v) is 9.45. The van der Waals surface area contributed by atoms with Gasteiger partial charge in [-0.3, -0.25) is 14.4 Å². The molecule has 26 heavy (non-hydrogen) atoms. The van der Waals surface area contributed by atoms with Gasteiger partial charge in [0, 0.05) is 18.5 Å². The van der Waals surface area contributed by atoms with E-state index in [1.807, 2.05) is 31.5 Å². The lowest BCUT2D eigenvalue weighted by atomic mass is 10.1. The molecule has 0 saturated carbocycles. The van der Waals surface area contributed by atoms with Crippen LogP contribution < -0.4 is 5.32 Å². The van der Waals surface area contributed by atoms with Crippen molar-refractivity contribution in [3.8, 4) is 0 Å². The molecule has 3 heterocycles. The summed E-state index contributed by atoms with van der Waals surface area (Å²) in [4.78, 5) is 14.8. The topological polar surface area (TPSA) is 76.2 Å². The normalized spacial score (nSPS) is 18.0. The van der Waals surface area contributed by atoms with Crippen LogP contribution in [0.3, 0.4) is 0 Å². The van der Waals surface area contributed by atoms with Gasteiger partial charge in [-0.15, -0.1) is 0 Å². The number of aryl methyl sites for hydroxylation is 2. The summed E-state index contributed by atoms with van der Waals surface area (Å²) < 4.78 is 7.35. The minimum absolute atomic E-state index is 0.00803. The van der Waals surface area contributed by atoms with Crippen LogP contribution in [0.2, 0.25) is 0 Å². The summed E-state index contributed by atoms with van der Waals surface area (Å²) in [6.07, 6.45) is 2.07. The maximum atomic E-state index is 12.6. The van der Waals surface area contributed by atoms with Gasteiger partial charge < -0.3 is 9.84 Å². The van der Waals surface area contributed by atoms with Crippen LogP contribution in [0.15, 0.2) is 10.6 Å². The van der Waals surface area contributed by atoms with E-state index in [2.05, 4.69) is 34.3 Å². The molecule has 1 amide bonds. The Morgan fingerprint density at radius 3 is 2.81 bits per heavy atom.